The molecule has 1 heterocycles. The molecule has 0 saturated heterocycles. The van der Waals surface area contributed by atoms with Crippen molar-refractivity contribution in [1.82, 2.24) is 14.7 Å². The highest BCUT2D eigenvalue weighted by atomic mass is 35.5. The molecule has 2 amide bonds. The smallest absolute Gasteiger partial charge is 0.260 e. The minimum atomic E-state index is -0.331. The van der Waals surface area contributed by atoms with Crippen LogP contribution in [0.2, 0.25) is 5.15 Å². The summed E-state index contributed by atoms with van der Waals surface area (Å²) in [7, 11) is 5.05. The molecule has 0 spiro atoms. The Kier molecular flexibility index (Phi) is 4.51. The van der Waals surface area contributed by atoms with E-state index >= 15 is 0 Å². The summed E-state index contributed by atoms with van der Waals surface area (Å²) in [4.78, 5) is 25.6. The van der Waals surface area contributed by atoms with Gasteiger partial charge in [-0.05, 0) is 31.2 Å². The number of carbonyl (C=O) groups is 2. The monoisotopic (exact) mass is 320 g/mol. The predicted molar refractivity (Wildman–Crippen MR) is 85.4 cm³/mol. The second-order valence-corrected chi connectivity index (χ2v) is 5.46. The van der Waals surface area contributed by atoms with Gasteiger partial charge in [0.05, 0.1) is 11.3 Å². The summed E-state index contributed by atoms with van der Waals surface area (Å²) in [6.45, 7) is 1.72. The third-order valence-corrected chi connectivity index (χ3v) is 3.61. The van der Waals surface area contributed by atoms with E-state index in [-0.39, 0.29) is 17.0 Å². The van der Waals surface area contributed by atoms with Crippen molar-refractivity contribution in [2.24, 2.45) is 7.05 Å². The molecule has 0 aliphatic carbocycles. The number of nitrogens with zero attached hydrogens (tertiary/aromatic N) is 3. The summed E-state index contributed by atoms with van der Waals surface area (Å²) in [5, 5.41) is 7.14. The molecule has 22 heavy (non-hydrogen) atoms. The number of hydrogen-bond donors (Lipinski definition) is 1. The molecule has 0 unspecified atom stereocenters. The van der Waals surface area contributed by atoms with Gasteiger partial charge in [-0.2, -0.15) is 5.10 Å². The molecular formula is C15H17ClN4O2. The Morgan fingerprint density at radius 1 is 1.23 bits per heavy atom. The summed E-state index contributed by atoms with van der Waals surface area (Å²) in [6.07, 6.45) is 0. The molecule has 0 aliphatic heterocycles. The van der Waals surface area contributed by atoms with Crippen LogP contribution in [0.15, 0.2) is 24.3 Å². The first kappa shape index (κ1) is 16.0. The Hall–Kier alpha value is -2.34. The zero-order valence-corrected chi connectivity index (χ0v) is 13.6. The lowest BCUT2D eigenvalue weighted by atomic mass is 10.1. The van der Waals surface area contributed by atoms with Crippen molar-refractivity contribution >= 4 is 29.1 Å². The van der Waals surface area contributed by atoms with E-state index in [2.05, 4.69) is 10.4 Å². The minimum Gasteiger partial charge on any atom is -0.345 e. The number of aromatic nitrogens is 2. The molecule has 0 aliphatic rings. The van der Waals surface area contributed by atoms with Crippen LogP contribution in [0, 0.1) is 6.92 Å². The molecule has 116 valence electrons. The quantitative estimate of drug-likeness (QED) is 0.944. The van der Waals surface area contributed by atoms with E-state index in [0.29, 0.717) is 22.5 Å². The highest BCUT2D eigenvalue weighted by Crippen LogP contribution is 2.20. The van der Waals surface area contributed by atoms with Crippen molar-refractivity contribution in [3.63, 3.8) is 0 Å². The van der Waals surface area contributed by atoms with Crippen LogP contribution in [0.5, 0.6) is 0 Å². The lowest BCUT2D eigenvalue weighted by molar-refractivity contribution is 0.0827. The number of anilines is 1. The van der Waals surface area contributed by atoms with Crippen LogP contribution in [0.1, 0.15) is 26.4 Å². The molecule has 0 radical (unpaired) electrons. The van der Waals surface area contributed by atoms with Crippen LogP contribution >= 0.6 is 11.6 Å². The van der Waals surface area contributed by atoms with Crippen molar-refractivity contribution in [1.29, 1.82) is 0 Å². The highest BCUT2D eigenvalue weighted by molar-refractivity contribution is 6.33. The van der Waals surface area contributed by atoms with Crippen LogP contribution in [-0.2, 0) is 7.05 Å². The first-order valence-electron chi connectivity index (χ1n) is 6.63. The average molecular weight is 321 g/mol. The normalized spacial score (nSPS) is 10.4. The van der Waals surface area contributed by atoms with E-state index in [1.807, 2.05) is 0 Å². The van der Waals surface area contributed by atoms with Gasteiger partial charge in [0, 0.05) is 32.4 Å². The van der Waals surface area contributed by atoms with E-state index in [4.69, 9.17) is 11.6 Å². The van der Waals surface area contributed by atoms with E-state index in [1.54, 1.807) is 52.3 Å². The number of carbonyl (C=O) groups excluding carboxylic acids is 2. The molecule has 2 aromatic rings. The number of halogens is 1. The molecule has 2 rings (SSSR count). The molecule has 7 heteroatoms. The Morgan fingerprint density at radius 2 is 1.82 bits per heavy atom. The molecular weight excluding hydrogens is 304 g/mol. The van der Waals surface area contributed by atoms with E-state index in [9.17, 15) is 9.59 Å². The Balaban J connectivity index is 2.17. The molecule has 1 aromatic heterocycles. The third kappa shape index (κ3) is 3.12. The Labute approximate surface area is 133 Å². The van der Waals surface area contributed by atoms with Crippen molar-refractivity contribution in [3.8, 4) is 0 Å². The van der Waals surface area contributed by atoms with Crippen molar-refractivity contribution in [2.45, 2.75) is 6.92 Å². The Morgan fingerprint density at radius 3 is 2.27 bits per heavy atom. The molecule has 1 N–H and O–H groups in total. The fourth-order valence-electron chi connectivity index (χ4n) is 2.04. The molecule has 0 bridgehead atoms. The van der Waals surface area contributed by atoms with Gasteiger partial charge in [0.1, 0.15) is 5.15 Å². The van der Waals surface area contributed by atoms with E-state index in [0.717, 1.165) is 0 Å². The molecule has 6 nitrogen and oxygen atoms in total. The molecule has 0 fully saturated rings. The number of nitrogens with one attached hydrogen (secondary N) is 1. The largest absolute Gasteiger partial charge is 0.345 e. The maximum absolute atomic E-state index is 12.3. The second kappa shape index (κ2) is 6.19. The highest BCUT2D eigenvalue weighted by Gasteiger charge is 2.19. The summed E-state index contributed by atoms with van der Waals surface area (Å²) >= 11 is 6.07. The SMILES string of the molecule is Cc1nn(C)c(Cl)c1C(=O)Nc1ccc(C(=O)N(C)C)cc1. The van der Waals surface area contributed by atoms with Gasteiger partial charge in [-0.15, -0.1) is 0 Å². The predicted octanol–water partition coefficient (Wildman–Crippen LogP) is 2.34. The van der Waals surface area contributed by atoms with Gasteiger partial charge >= 0.3 is 0 Å². The summed E-state index contributed by atoms with van der Waals surface area (Å²) in [6, 6.07) is 6.67. The lowest BCUT2D eigenvalue weighted by Gasteiger charge is -2.11. The van der Waals surface area contributed by atoms with Gasteiger partial charge in [0.15, 0.2) is 0 Å². The second-order valence-electron chi connectivity index (χ2n) is 5.11. The number of aryl methyl sites for hydroxylation is 2. The van der Waals surface area contributed by atoms with Crippen molar-refractivity contribution in [2.75, 3.05) is 19.4 Å². The van der Waals surface area contributed by atoms with Gasteiger partial charge in [0.25, 0.3) is 11.8 Å². The molecule has 0 atom stereocenters. The van der Waals surface area contributed by atoms with Gasteiger partial charge in [0.2, 0.25) is 0 Å². The van der Waals surface area contributed by atoms with Crippen LogP contribution in [-0.4, -0.2) is 40.6 Å². The number of amides is 2. The lowest BCUT2D eigenvalue weighted by Crippen LogP contribution is -2.21. The standard InChI is InChI=1S/C15H17ClN4O2/c1-9-12(13(16)20(4)18-9)14(21)17-11-7-5-10(6-8-11)15(22)19(2)3/h5-8H,1-4H3,(H,17,21). The van der Waals surface area contributed by atoms with Crippen LogP contribution < -0.4 is 5.32 Å². The van der Waals surface area contributed by atoms with Gasteiger partial charge in [-0.25, -0.2) is 0 Å². The van der Waals surface area contributed by atoms with Crippen molar-refractivity contribution < 1.29 is 9.59 Å². The number of hydrogen-bond acceptors (Lipinski definition) is 3. The Bertz CT molecular complexity index is 720. The zero-order valence-electron chi connectivity index (χ0n) is 12.8. The average Bonchev–Trinajstić information content (AvgIpc) is 2.72. The fourth-order valence-corrected chi connectivity index (χ4v) is 2.30. The van der Waals surface area contributed by atoms with Crippen LogP contribution in [0.25, 0.3) is 0 Å². The van der Waals surface area contributed by atoms with Crippen molar-refractivity contribution in [3.05, 3.63) is 46.2 Å². The molecule has 1 aromatic carbocycles. The van der Waals surface area contributed by atoms with E-state index < -0.39 is 0 Å². The fraction of sp³-hybridized carbons (Fsp3) is 0.267. The van der Waals surface area contributed by atoms with E-state index in [1.165, 1.54) is 9.58 Å². The maximum Gasteiger partial charge on any atom is 0.260 e. The number of rotatable bonds is 3. The van der Waals surface area contributed by atoms with Crippen LogP contribution in [0.4, 0.5) is 5.69 Å². The topological polar surface area (TPSA) is 67.2 Å². The van der Waals surface area contributed by atoms with Gasteiger partial charge in [-0.3, -0.25) is 14.3 Å². The third-order valence-electron chi connectivity index (χ3n) is 3.18. The van der Waals surface area contributed by atoms with Crippen LogP contribution in [0.3, 0.4) is 0 Å². The minimum absolute atomic E-state index is 0.0935. The first-order valence-corrected chi connectivity index (χ1v) is 7.01. The van der Waals surface area contributed by atoms with Gasteiger partial charge in [-0.1, -0.05) is 11.6 Å². The molecule has 0 saturated carbocycles. The summed E-state index contributed by atoms with van der Waals surface area (Å²) in [5.74, 6) is -0.425. The zero-order chi connectivity index (χ0) is 16.4. The van der Waals surface area contributed by atoms with Gasteiger partial charge < -0.3 is 10.2 Å². The summed E-state index contributed by atoms with van der Waals surface area (Å²) < 4.78 is 1.45. The number of benzene rings is 1. The first-order chi connectivity index (χ1) is 10.3. The maximum atomic E-state index is 12.3. The summed E-state index contributed by atoms with van der Waals surface area (Å²) in [5.41, 5.74) is 2.04.